The number of hydrogen-bond acceptors (Lipinski definition) is 3. The highest BCUT2D eigenvalue weighted by Gasteiger charge is 2.13. The second-order valence-electron chi connectivity index (χ2n) is 4.72. The van der Waals surface area contributed by atoms with Crippen LogP contribution in [0.5, 0.6) is 0 Å². The Morgan fingerprint density at radius 2 is 1.75 bits per heavy atom. The minimum atomic E-state index is -0.591. The number of esters is 1. The van der Waals surface area contributed by atoms with Gasteiger partial charge in [0, 0.05) is 10.0 Å². The van der Waals surface area contributed by atoms with Crippen molar-refractivity contribution >= 4 is 64.0 Å². The van der Waals surface area contributed by atoms with Crippen LogP contribution in [0.25, 0.3) is 0 Å². The van der Waals surface area contributed by atoms with Crippen molar-refractivity contribution in [2.75, 3.05) is 11.9 Å². The molecule has 2 aromatic carbocycles. The minimum Gasteiger partial charge on any atom is -0.455 e. The average Bonchev–Trinajstić information content (AvgIpc) is 2.53. The first-order chi connectivity index (χ1) is 11.4. The van der Waals surface area contributed by atoms with Crippen molar-refractivity contribution in [2.24, 2.45) is 0 Å². The zero-order valence-electron chi connectivity index (χ0n) is 12.1. The van der Waals surface area contributed by atoms with Gasteiger partial charge in [-0.1, -0.05) is 58.5 Å². The Balaban J connectivity index is 1.87. The van der Waals surface area contributed by atoms with E-state index in [0.29, 0.717) is 26.3 Å². The number of hydrogen-bond donors (Lipinski definition) is 1. The molecule has 126 valence electrons. The van der Waals surface area contributed by atoms with Crippen LogP contribution >= 0.6 is 46.4 Å². The summed E-state index contributed by atoms with van der Waals surface area (Å²) in [7, 11) is 0. The maximum atomic E-state index is 11.8. The molecule has 8 heteroatoms. The van der Waals surface area contributed by atoms with Crippen LogP contribution in [0.4, 0.5) is 5.69 Å². The first kappa shape index (κ1) is 18.9. The molecule has 4 nitrogen and oxygen atoms in total. The summed E-state index contributed by atoms with van der Waals surface area (Å²) in [5.74, 6) is -1.12. The fraction of sp³-hybridized carbons (Fsp3) is 0.125. The molecule has 24 heavy (non-hydrogen) atoms. The van der Waals surface area contributed by atoms with Gasteiger partial charge in [-0.25, -0.2) is 0 Å². The highest BCUT2D eigenvalue weighted by atomic mass is 35.5. The van der Waals surface area contributed by atoms with Crippen LogP contribution in [0.3, 0.4) is 0 Å². The van der Waals surface area contributed by atoms with E-state index in [1.54, 1.807) is 30.3 Å². The predicted molar refractivity (Wildman–Crippen MR) is 96.2 cm³/mol. The van der Waals surface area contributed by atoms with Gasteiger partial charge < -0.3 is 10.1 Å². The molecular formula is C16H11Cl4NO3. The monoisotopic (exact) mass is 405 g/mol. The lowest BCUT2D eigenvalue weighted by molar-refractivity contribution is -0.146. The fourth-order valence-electron chi connectivity index (χ4n) is 1.80. The molecule has 0 aliphatic heterocycles. The summed E-state index contributed by atoms with van der Waals surface area (Å²) in [6.07, 6.45) is -0.0683. The fourth-order valence-corrected chi connectivity index (χ4v) is 2.63. The van der Waals surface area contributed by atoms with Gasteiger partial charge in [-0.2, -0.15) is 0 Å². The van der Waals surface area contributed by atoms with Crippen molar-refractivity contribution in [3.8, 4) is 0 Å². The molecule has 2 aromatic rings. The van der Waals surface area contributed by atoms with E-state index in [0.717, 1.165) is 0 Å². The average molecular weight is 407 g/mol. The number of anilines is 1. The van der Waals surface area contributed by atoms with E-state index in [2.05, 4.69) is 5.32 Å². The third kappa shape index (κ3) is 5.28. The van der Waals surface area contributed by atoms with E-state index in [9.17, 15) is 9.59 Å². The summed E-state index contributed by atoms with van der Waals surface area (Å²) < 4.78 is 4.92. The Kier molecular flexibility index (Phi) is 6.75. The van der Waals surface area contributed by atoms with Crippen LogP contribution < -0.4 is 5.32 Å². The van der Waals surface area contributed by atoms with Gasteiger partial charge >= 0.3 is 5.97 Å². The molecular weight excluding hydrogens is 396 g/mol. The van der Waals surface area contributed by atoms with Gasteiger partial charge in [-0.3, -0.25) is 9.59 Å². The minimum absolute atomic E-state index is 0.0683. The highest BCUT2D eigenvalue weighted by molar-refractivity contribution is 6.44. The molecule has 0 radical (unpaired) electrons. The maximum absolute atomic E-state index is 11.8. The predicted octanol–water partition coefficient (Wildman–Crippen LogP) is 5.02. The molecule has 1 N–H and O–H groups in total. The van der Waals surface area contributed by atoms with E-state index in [1.807, 2.05) is 0 Å². The van der Waals surface area contributed by atoms with Crippen LogP contribution in [0.2, 0.25) is 20.1 Å². The van der Waals surface area contributed by atoms with E-state index in [1.165, 1.54) is 6.07 Å². The number of nitrogens with one attached hydrogen (secondary N) is 1. The lowest BCUT2D eigenvalue weighted by Gasteiger charge is -2.09. The van der Waals surface area contributed by atoms with Gasteiger partial charge in [0.05, 0.1) is 22.2 Å². The Bertz CT molecular complexity index is 780. The highest BCUT2D eigenvalue weighted by Crippen LogP contribution is 2.29. The van der Waals surface area contributed by atoms with Crippen molar-refractivity contribution in [2.45, 2.75) is 6.42 Å². The first-order valence-electron chi connectivity index (χ1n) is 6.70. The number of ether oxygens (including phenoxy) is 1. The molecule has 0 atom stereocenters. The van der Waals surface area contributed by atoms with Gasteiger partial charge in [0.2, 0.25) is 0 Å². The van der Waals surface area contributed by atoms with Crippen molar-refractivity contribution in [1.29, 1.82) is 0 Å². The van der Waals surface area contributed by atoms with E-state index >= 15 is 0 Å². The van der Waals surface area contributed by atoms with Gasteiger partial charge in [0.15, 0.2) is 6.61 Å². The van der Waals surface area contributed by atoms with Crippen LogP contribution in [0.15, 0.2) is 36.4 Å². The summed E-state index contributed by atoms with van der Waals surface area (Å²) in [6.45, 7) is -0.452. The molecule has 1 amide bonds. The zero-order valence-corrected chi connectivity index (χ0v) is 15.1. The van der Waals surface area contributed by atoms with Crippen molar-refractivity contribution < 1.29 is 14.3 Å². The largest absolute Gasteiger partial charge is 0.455 e. The lowest BCUT2D eigenvalue weighted by Crippen LogP contribution is -2.21. The molecule has 0 saturated heterocycles. The summed E-state index contributed by atoms with van der Waals surface area (Å²) in [6, 6.07) is 9.58. The Labute approximate surface area is 158 Å². The quantitative estimate of drug-likeness (QED) is 0.708. The van der Waals surface area contributed by atoms with E-state index < -0.39 is 18.5 Å². The van der Waals surface area contributed by atoms with Crippen molar-refractivity contribution in [3.05, 3.63) is 62.1 Å². The normalized spacial score (nSPS) is 10.3. The number of halogens is 4. The second kappa shape index (κ2) is 8.58. The third-order valence-corrected chi connectivity index (χ3v) is 4.35. The number of benzene rings is 2. The number of rotatable bonds is 5. The second-order valence-corrected chi connectivity index (χ2v) is 6.35. The molecule has 0 fully saturated rings. The van der Waals surface area contributed by atoms with Crippen LogP contribution in [0, 0.1) is 0 Å². The van der Waals surface area contributed by atoms with Crippen LogP contribution in [0.1, 0.15) is 5.56 Å². The molecule has 0 unspecified atom stereocenters. The number of amides is 1. The van der Waals surface area contributed by atoms with Gasteiger partial charge in [0.25, 0.3) is 5.91 Å². The molecule has 0 aliphatic carbocycles. The number of carbonyl (C=O) groups excluding carboxylic acids is 2. The van der Waals surface area contributed by atoms with Gasteiger partial charge in [-0.15, -0.1) is 0 Å². The number of carbonyl (C=O) groups is 2. The Morgan fingerprint density at radius 1 is 1.00 bits per heavy atom. The standard InChI is InChI=1S/C16H11Cl4NO3/c17-10-5-4-9(12(19)7-10)6-15(23)24-8-14(22)21-13-3-1-2-11(18)16(13)20/h1-5,7H,6,8H2,(H,21,22). The third-order valence-electron chi connectivity index (χ3n) is 2.94. The molecule has 0 bridgehead atoms. The molecule has 2 rings (SSSR count). The van der Waals surface area contributed by atoms with E-state index in [-0.39, 0.29) is 11.4 Å². The summed E-state index contributed by atoms with van der Waals surface area (Å²) in [5, 5.41) is 3.86. The summed E-state index contributed by atoms with van der Waals surface area (Å²) in [4.78, 5) is 23.6. The topological polar surface area (TPSA) is 55.4 Å². The lowest BCUT2D eigenvalue weighted by atomic mass is 10.1. The van der Waals surface area contributed by atoms with Crippen LogP contribution in [-0.4, -0.2) is 18.5 Å². The zero-order chi connectivity index (χ0) is 17.7. The molecule has 0 heterocycles. The molecule has 0 aromatic heterocycles. The van der Waals surface area contributed by atoms with Gasteiger partial charge in [-0.05, 0) is 29.8 Å². The van der Waals surface area contributed by atoms with Crippen molar-refractivity contribution in [3.63, 3.8) is 0 Å². The van der Waals surface area contributed by atoms with Crippen molar-refractivity contribution in [1.82, 2.24) is 0 Å². The Morgan fingerprint density at radius 3 is 2.46 bits per heavy atom. The SMILES string of the molecule is O=C(COC(=O)Cc1ccc(Cl)cc1Cl)Nc1cccc(Cl)c1Cl. The van der Waals surface area contributed by atoms with Gasteiger partial charge in [0.1, 0.15) is 0 Å². The maximum Gasteiger partial charge on any atom is 0.310 e. The van der Waals surface area contributed by atoms with Crippen LogP contribution in [-0.2, 0) is 20.7 Å². The molecule has 0 aliphatic rings. The van der Waals surface area contributed by atoms with E-state index in [4.69, 9.17) is 51.1 Å². The molecule has 0 saturated carbocycles. The summed E-state index contributed by atoms with van der Waals surface area (Å²) >= 11 is 23.6. The summed E-state index contributed by atoms with van der Waals surface area (Å²) in [5.41, 5.74) is 0.898. The smallest absolute Gasteiger partial charge is 0.310 e. The molecule has 0 spiro atoms. The first-order valence-corrected chi connectivity index (χ1v) is 8.21. The Hall–Kier alpha value is -1.46.